The summed E-state index contributed by atoms with van der Waals surface area (Å²) in [5.41, 5.74) is 0.174. The molecule has 0 amide bonds. The van der Waals surface area contributed by atoms with Crippen LogP contribution in [-0.2, 0) is 0 Å². The molecule has 1 aromatic rings. The first-order valence-corrected chi connectivity index (χ1v) is 7.09. The Kier molecular flexibility index (Phi) is 4.64. The molecule has 1 saturated carbocycles. The summed E-state index contributed by atoms with van der Waals surface area (Å²) in [6, 6.07) is 2.99. The van der Waals surface area contributed by atoms with Crippen molar-refractivity contribution in [2.45, 2.75) is 32.6 Å². The fourth-order valence-electron chi connectivity index (χ4n) is 2.67. The molecule has 2 unspecified atom stereocenters. The minimum absolute atomic E-state index is 0.174. The van der Waals surface area contributed by atoms with Gasteiger partial charge in [0.15, 0.2) is 0 Å². The van der Waals surface area contributed by atoms with E-state index in [1.165, 1.54) is 37.8 Å². The average Bonchev–Trinajstić information content (AvgIpc) is 2.37. The van der Waals surface area contributed by atoms with Crippen LogP contribution in [0.15, 0.2) is 12.1 Å². The van der Waals surface area contributed by atoms with Gasteiger partial charge in [0.25, 0.3) is 0 Å². The number of hydrogen-bond donors (Lipinski definition) is 2. The molecule has 0 radical (unpaired) electrons. The molecule has 2 atom stereocenters. The third-order valence-corrected chi connectivity index (χ3v) is 4.12. The first kappa shape index (κ1) is 14.1. The summed E-state index contributed by atoms with van der Waals surface area (Å²) in [4.78, 5) is 15.2. The van der Waals surface area contributed by atoms with E-state index in [2.05, 4.69) is 17.2 Å². The van der Waals surface area contributed by atoms with Crippen LogP contribution in [-0.4, -0.2) is 22.6 Å². The van der Waals surface area contributed by atoms with Gasteiger partial charge in [0.1, 0.15) is 16.5 Å². The molecular weight excluding hydrogens is 264 g/mol. The molecule has 1 aromatic heterocycles. The normalized spacial score (nSPS) is 23.1. The summed E-state index contributed by atoms with van der Waals surface area (Å²) in [5, 5.41) is 12.6. The van der Waals surface area contributed by atoms with E-state index in [-0.39, 0.29) is 5.56 Å². The zero-order valence-electron chi connectivity index (χ0n) is 11.0. The van der Waals surface area contributed by atoms with Crippen LogP contribution in [0.3, 0.4) is 0 Å². The maximum Gasteiger partial charge on any atom is 0.339 e. The van der Waals surface area contributed by atoms with Crippen molar-refractivity contribution in [3.8, 4) is 0 Å². The molecule has 4 nitrogen and oxygen atoms in total. The number of aromatic nitrogens is 1. The molecule has 2 rings (SSSR count). The van der Waals surface area contributed by atoms with Gasteiger partial charge in [-0.2, -0.15) is 0 Å². The van der Waals surface area contributed by atoms with Crippen molar-refractivity contribution >= 4 is 23.4 Å². The SMILES string of the molecule is CC1CCCCC1CNc1nc(Cl)ccc1C(=O)O. The quantitative estimate of drug-likeness (QED) is 0.827. The second-order valence-corrected chi connectivity index (χ2v) is 5.63. The van der Waals surface area contributed by atoms with Gasteiger partial charge in [-0.15, -0.1) is 0 Å². The summed E-state index contributed by atoms with van der Waals surface area (Å²) in [7, 11) is 0. The largest absolute Gasteiger partial charge is 0.478 e. The first-order valence-electron chi connectivity index (χ1n) is 6.71. The van der Waals surface area contributed by atoms with Gasteiger partial charge >= 0.3 is 5.97 Å². The number of carbonyl (C=O) groups is 1. The van der Waals surface area contributed by atoms with Crippen molar-refractivity contribution in [1.82, 2.24) is 4.98 Å². The first-order chi connectivity index (χ1) is 9.08. The predicted molar refractivity (Wildman–Crippen MR) is 75.8 cm³/mol. The van der Waals surface area contributed by atoms with Gasteiger partial charge < -0.3 is 10.4 Å². The molecular formula is C14H19ClN2O2. The van der Waals surface area contributed by atoms with E-state index in [4.69, 9.17) is 16.7 Å². The van der Waals surface area contributed by atoms with Crippen LogP contribution in [0.4, 0.5) is 5.82 Å². The fraction of sp³-hybridized carbons (Fsp3) is 0.571. The topological polar surface area (TPSA) is 62.2 Å². The summed E-state index contributed by atoms with van der Waals surface area (Å²) >= 11 is 5.83. The minimum atomic E-state index is -0.983. The Balaban J connectivity index is 2.05. The Morgan fingerprint density at radius 2 is 2.21 bits per heavy atom. The molecule has 2 N–H and O–H groups in total. The van der Waals surface area contributed by atoms with Crippen molar-refractivity contribution in [2.24, 2.45) is 11.8 Å². The van der Waals surface area contributed by atoms with E-state index < -0.39 is 5.97 Å². The zero-order valence-corrected chi connectivity index (χ0v) is 11.8. The lowest BCUT2D eigenvalue weighted by Crippen LogP contribution is -2.25. The van der Waals surface area contributed by atoms with E-state index in [0.717, 1.165) is 6.54 Å². The molecule has 0 spiro atoms. The second kappa shape index (κ2) is 6.24. The predicted octanol–water partition coefficient (Wildman–Crippen LogP) is 3.67. The maximum absolute atomic E-state index is 11.1. The van der Waals surface area contributed by atoms with Crippen LogP contribution in [0.2, 0.25) is 5.15 Å². The van der Waals surface area contributed by atoms with Gasteiger partial charge in [-0.05, 0) is 30.4 Å². The number of anilines is 1. The summed E-state index contributed by atoms with van der Waals surface area (Å²) in [6.07, 6.45) is 5.00. The van der Waals surface area contributed by atoms with E-state index in [1.807, 2.05) is 0 Å². The summed E-state index contributed by atoms with van der Waals surface area (Å²) in [5.74, 6) is 0.644. The lowest BCUT2D eigenvalue weighted by molar-refractivity contribution is 0.0697. The highest BCUT2D eigenvalue weighted by atomic mass is 35.5. The van der Waals surface area contributed by atoms with Gasteiger partial charge in [-0.3, -0.25) is 0 Å². The molecule has 1 aliphatic carbocycles. The van der Waals surface area contributed by atoms with E-state index in [0.29, 0.717) is 22.8 Å². The van der Waals surface area contributed by atoms with E-state index >= 15 is 0 Å². The fourth-order valence-corrected chi connectivity index (χ4v) is 2.81. The van der Waals surface area contributed by atoms with Crippen LogP contribution in [0.5, 0.6) is 0 Å². The highest BCUT2D eigenvalue weighted by Crippen LogP contribution is 2.30. The number of carboxylic acid groups (broad SMARTS) is 1. The molecule has 1 heterocycles. The lowest BCUT2D eigenvalue weighted by atomic mass is 9.80. The molecule has 1 aliphatic rings. The molecule has 5 heteroatoms. The molecule has 0 saturated heterocycles. The van der Waals surface area contributed by atoms with Gasteiger partial charge in [-0.1, -0.05) is 37.8 Å². The smallest absolute Gasteiger partial charge is 0.339 e. The Morgan fingerprint density at radius 3 is 2.89 bits per heavy atom. The van der Waals surface area contributed by atoms with Gasteiger partial charge in [0.05, 0.1) is 0 Å². The van der Waals surface area contributed by atoms with Crippen molar-refractivity contribution in [3.63, 3.8) is 0 Å². The van der Waals surface area contributed by atoms with Crippen molar-refractivity contribution in [1.29, 1.82) is 0 Å². The van der Waals surface area contributed by atoms with Crippen LogP contribution in [0.25, 0.3) is 0 Å². The minimum Gasteiger partial charge on any atom is -0.478 e. The molecule has 104 valence electrons. The Bertz CT molecular complexity index is 465. The Labute approximate surface area is 118 Å². The standard InChI is InChI=1S/C14H19ClN2O2/c1-9-4-2-3-5-10(9)8-16-13-11(14(18)19)6-7-12(15)17-13/h6-7,9-10H,2-5,8H2,1H3,(H,16,17)(H,18,19). The number of carboxylic acids is 1. The number of nitrogens with one attached hydrogen (secondary N) is 1. The van der Waals surface area contributed by atoms with Crippen LogP contribution < -0.4 is 5.32 Å². The number of halogens is 1. The molecule has 0 aromatic carbocycles. The third kappa shape index (κ3) is 3.60. The van der Waals surface area contributed by atoms with Crippen LogP contribution in [0.1, 0.15) is 43.0 Å². The Hall–Kier alpha value is -1.29. The number of nitrogens with zero attached hydrogens (tertiary/aromatic N) is 1. The highest BCUT2D eigenvalue weighted by molar-refractivity contribution is 6.29. The van der Waals surface area contributed by atoms with E-state index in [9.17, 15) is 4.79 Å². The number of rotatable bonds is 4. The molecule has 0 aliphatic heterocycles. The number of aromatic carboxylic acids is 1. The molecule has 0 bridgehead atoms. The molecule has 1 fully saturated rings. The lowest BCUT2D eigenvalue weighted by Gasteiger charge is -2.29. The van der Waals surface area contributed by atoms with Crippen molar-refractivity contribution in [2.75, 3.05) is 11.9 Å². The molecule has 19 heavy (non-hydrogen) atoms. The Morgan fingerprint density at radius 1 is 1.47 bits per heavy atom. The average molecular weight is 283 g/mol. The van der Waals surface area contributed by atoms with E-state index in [1.54, 1.807) is 0 Å². The van der Waals surface area contributed by atoms with Crippen molar-refractivity contribution < 1.29 is 9.90 Å². The van der Waals surface area contributed by atoms with Crippen LogP contribution >= 0.6 is 11.6 Å². The number of pyridine rings is 1. The number of hydrogen-bond acceptors (Lipinski definition) is 3. The maximum atomic E-state index is 11.1. The highest BCUT2D eigenvalue weighted by Gasteiger charge is 2.22. The van der Waals surface area contributed by atoms with Crippen LogP contribution in [0, 0.1) is 11.8 Å². The van der Waals surface area contributed by atoms with Gasteiger partial charge in [-0.25, -0.2) is 9.78 Å². The monoisotopic (exact) mass is 282 g/mol. The van der Waals surface area contributed by atoms with Gasteiger partial charge in [0, 0.05) is 6.54 Å². The van der Waals surface area contributed by atoms with Crippen molar-refractivity contribution in [3.05, 3.63) is 22.8 Å². The summed E-state index contributed by atoms with van der Waals surface area (Å²) < 4.78 is 0. The third-order valence-electron chi connectivity index (χ3n) is 3.91. The zero-order chi connectivity index (χ0) is 13.8. The van der Waals surface area contributed by atoms with Gasteiger partial charge in [0.2, 0.25) is 0 Å². The summed E-state index contributed by atoms with van der Waals surface area (Å²) in [6.45, 7) is 3.02. The second-order valence-electron chi connectivity index (χ2n) is 5.24.